The Morgan fingerprint density at radius 3 is 2.50 bits per heavy atom. The van der Waals surface area contributed by atoms with E-state index in [9.17, 15) is 9.90 Å². The van der Waals surface area contributed by atoms with Gasteiger partial charge in [-0.05, 0) is 19.8 Å². The van der Waals surface area contributed by atoms with Crippen molar-refractivity contribution in [3.8, 4) is 11.3 Å². The molecule has 0 atom stereocenters. The van der Waals surface area contributed by atoms with Gasteiger partial charge in [0.25, 0.3) is 5.91 Å². The van der Waals surface area contributed by atoms with Gasteiger partial charge in [-0.2, -0.15) is 0 Å². The normalized spacial score (nSPS) is 11.5. The quantitative estimate of drug-likeness (QED) is 0.860. The Kier molecular flexibility index (Phi) is 4.98. The lowest BCUT2D eigenvalue weighted by Crippen LogP contribution is -2.42. The van der Waals surface area contributed by atoms with Crippen LogP contribution >= 0.6 is 0 Å². The maximum absolute atomic E-state index is 12.3. The highest BCUT2D eigenvalue weighted by molar-refractivity contribution is 5.97. The lowest BCUT2D eigenvalue weighted by molar-refractivity contribution is 0.0313. The zero-order chi connectivity index (χ0) is 16.2. The van der Waals surface area contributed by atoms with Crippen LogP contribution < -0.4 is 5.32 Å². The van der Waals surface area contributed by atoms with Crippen molar-refractivity contribution in [1.29, 1.82) is 0 Å². The van der Waals surface area contributed by atoms with E-state index >= 15 is 0 Å². The SMILES string of the molecule is CCC(O)(CC)CNC(=O)c1ncoc1-c1ccc(C)cc1. The van der Waals surface area contributed by atoms with Crippen LogP contribution in [0.3, 0.4) is 0 Å². The van der Waals surface area contributed by atoms with Crippen LogP contribution in [0.1, 0.15) is 42.7 Å². The highest BCUT2D eigenvalue weighted by Crippen LogP contribution is 2.23. The molecular formula is C17H22N2O3. The summed E-state index contributed by atoms with van der Waals surface area (Å²) in [6.07, 6.45) is 2.41. The van der Waals surface area contributed by atoms with Crippen molar-refractivity contribution >= 4 is 5.91 Å². The smallest absolute Gasteiger partial charge is 0.274 e. The van der Waals surface area contributed by atoms with Crippen molar-refractivity contribution < 1.29 is 14.3 Å². The fourth-order valence-corrected chi connectivity index (χ4v) is 2.15. The number of amides is 1. The van der Waals surface area contributed by atoms with Gasteiger partial charge in [-0.1, -0.05) is 43.7 Å². The summed E-state index contributed by atoms with van der Waals surface area (Å²) in [4.78, 5) is 16.3. The summed E-state index contributed by atoms with van der Waals surface area (Å²) in [6, 6.07) is 7.68. The minimum atomic E-state index is -0.885. The van der Waals surface area contributed by atoms with Crippen molar-refractivity contribution in [2.75, 3.05) is 6.54 Å². The molecule has 5 heteroatoms. The summed E-state index contributed by atoms with van der Waals surface area (Å²) in [5.74, 6) is 0.0960. The van der Waals surface area contributed by atoms with Crippen LogP contribution in [-0.2, 0) is 0 Å². The van der Waals surface area contributed by atoms with Crippen LogP contribution in [0.15, 0.2) is 35.1 Å². The van der Waals surface area contributed by atoms with Crippen LogP contribution in [0.2, 0.25) is 0 Å². The molecular weight excluding hydrogens is 280 g/mol. The van der Waals surface area contributed by atoms with E-state index in [1.165, 1.54) is 6.39 Å². The Bertz CT molecular complexity index is 628. The van der Waals surface area contributed by atoms with E-state index in [0.717, 1.165) is 11.1 Å². The van der Waals surface area contributed by atoms with E-state index in [4.69, 9.17) is 4.42 Å². The van der Waals surface area contributed by atoms with Gasteiger partial charge in [0.2, 0.25) is 0 Å². The molecule has 0 saturated heterocycles. The molecule has 0 aliphatic carbocycles. The maximum atomic E-state index is 12.3. The molecule has 2 rings (SSSR count). The summed E-state index contributed by atoms with van der Waals surface area (Å²) in [6.45, 7) is 5.97. The molecule has 0 spiro atoms. The number of rotatable bonds is 6. The molecule has 0 saturated carbocycles. The fourth-order valence-electron chi connectivity index (χ4n) is 2.15. The number of carbonyl (C=O) groups is 1. The molecule has 0 unspecified atom stereocenters. The number of carbonyl (C=O) groups excluding carboxylic acids is 1. The zero-order valence-electron chi connectivity index (χ0n) is 13.2. The molecule has 22 heavy (non-hydrogen) atoms. The number of nitrogens with zero attached hydrogens (tertiary/aromatic N) is 1. The number of aryl methyl sites for hydroxylation is 1. The molecule has 2 aromatic rings. The molecule has 1 heterocycles. The molecule has 0 aliphatic rings. The number of aliphatic hydroxyl groups is 1. The van der Waals surface area contributed by atoms with Gasteiger partial charge in [-0.3, -0.25) is 4.79 Å². The van der Waals surface area contributed by atoms with Crippen LogP contribution in [0, 0.1) is 6.92 Å². The zero-order valence-corrected chi connectivity index (χ0v) is 13.2. The summed E-state index contributed by atoms with van der Waals surface area (Å²) in [5, 5.41) is 13.0. The summed E-state index contributed by atoms with van der Waals surface area (Å²) >= 11 is 0. The van der Waals surface area contributed by atoms with E-state index in [-0.39, 0.29) is 18.1 Å². The standard InChI is InChI=1S/C17H22N2O3/c1-4-17(21,5-2)10-18-16(20)14-15(22-11-19-14)13-8-6-12(3)7-9-13/h6-9,11,21H,4-5,10H2,1-3H3,(H,18,20). The van der Waals surface area contributed by atoms with E-state index < -0.39 is 5.60 Å². The number of hydrogen-bond donors (Lipinski definition) is 2. The predicted molar refractivity (Wildman–Crippen MR) is 84.5 cm³/mol. The first-order chi connectivity index (χ1) is 10.5. The first-order valence-corrected chi connectivity index (χ1v) is 7.50. The number of benzene rings is 1. The van der Waals surface area contributed by atoms with Crippen LogP contribution in [0.5, 0.6) is 0 Å². The van der Waals surface area contributed by atoms with Gasteiger partial charge >= 0.3 is 0 Å². The number of oxazole rings is 1. The summed E-state index contributed by atoms with van der Waals surface area (Å²) in [5.41, 5.74) is 1.28. The molecule has 118 valence electrons. The van der Waals surface area contributed by atoms with Crippen molar-refractivity contribution in [1.82, 2.24) is 10.3 Å². The summed E-state index contributed by atoms with van der Waals surface area (Å²) in [7, 11) is 0. The van der Waals surface area contributed by atoms with Gasteiger partial charge < -0.3 is 14.8 Å². The first-order valence-electron chi connectivity index (χ1n) is 7.50. The third kappa shape index (κ3) is 3.54. The summed E-state index contributed by atoms with van der Waals surface area (Å²) < 4.78 is 5.36. The van der Waals surface area contributed by atoms with E-state index in [1.54, 1.807) is 0 Å². The van der Waals surface area contributed by atoms with Crippen LogP contribution in [0.25, 0.3) is 11.3 Å². The first kappa shape index (κ1) is 16.2. The molecule has 0 fully saturated rings. The Morgan fingerprint density at radius 1 is 1.27 bits per heavy atom. The Hall–Kier alpha value is -2.14. The average Bonchev–Trinajstić information content (AvgIpc) is 3.02. The highest BCUT2D eigenvalue weighted by Gasteiger charge is 2.25. The van der Waals surface area contributed by atoms with Gasteiger partial charge in [0.15, 0.2) is 17.8 Å². The monoisotopic (exact) mass is 302 g/mol. The van der Waals surface area contributed by atoms with E-state index in [1.807, 2.05) is 45.0 Å². The van der Waals surface area contributed by atoms with Crippen molar-refractivity contribution in [2.45, 2.75) is 39.2 Å². The molecule has 1 amide bonds. The predicted octanol–water partition coefficient (Wildman–Crippen LogP) is 2.93. The molecule has 2 N–H and O–H groups in total. The lowest BCUT2D eigenvalue weighted by atomic mass is 9.97. The Balaban J connectivity index is 2.15. The second kappa shape index (κ2) is 6.75. The maximum Gasteiger partial charge on any atom is 0.274 e. The third-order valence-electron chi connectivity index (χ3n) is 3.99. The fraction of sp³-hybridized carbons (Fsp3) is 0.412. The Labute approximate surface area is 130 Å². The van der Waals surface area contributed by atoms with Crippen LogP contribution in [0.4, 0.5) is 0 Å². The van der Waals surface area contributed by atoms with Gasteiger partial charge in [0, 0.05) is 12.1 Å². The highest BCUT2D eigenvalue weighted by atomic mass is 16.3. The molecule has 5 nitrogen and oxygen atoms in total. The number of aromatic nitrogens is 1. The van der Waals surface area contributed by atoms with Crippen LogP contribution in [-0.4, -0.2) is 28.1 Å². The van der Waals surface area contributed by atoms with Gasteiger partial charge in [-0.25, -0.2) is 4.98 Å². The minimum absolute atomic E-state index is 0.193. The average molecular weight is 302 g/mol. The second-order valence-corrected chi connectivity index (χ2v) is 5.51. The molecule has 0 radical (unpaired) electrons. The number of hydrogen-bond acceptors (Lipinski definition) is 4. The van der Waals surface area contributed by atoms with Crippen molar-refractivity contribution in [2.24, 2.45) is 0 Å². The topological polar surface area (TPSA) is 75.4 Å². The van der Waals surface area contributed by atoms with Gasteiger partial charge in [0.1, 0.15) is 0 Å². The lowest BCUT2D eigenvalue weighted by Gasteiger charge is -2.25. The molecule has 1 aromatic carbocycles. The molecule has 0 aliphatic heterocycles. The minimum Gasteiger partial charge on any atom is -0.443 e. The van der Waals surface area contributed by atoms with Gasteiger partial charge in [-0.15, -0.1) is 0 Å². The van der Waals surface area contributed by atoms with Crippen molar-refractivity contribution in [3.63, 3.8) is 0 Å². The third-order valence-corrected chi connectivity index (χ3v) is 3.99. The Morgan fingerprint density at radius 2 is 1.91 bits per heavy atom. The van der Waals surface area contributed by atoms with Gasteiger partial charge in [0.05, 0.1) is 5.60 Å². The second-order valence-electron chi connectivity index (χ2n) is 5.51. The largest absolute Gasteiger partial charge is 0.443 e. The van der Waals surface area contributed by atoms with E-state index in [2.05, 4.69) is 10.3 Å². The number of nitrogens with one attached hydrogen (secondary N) is 1. The molecule has 0 bridgehead atoms. The van der Waals surface area contributed by atoms with Crippen molar-refractivity contribution in [3.05, 3.63) is 41.9 Å². The molecule has 1 aromatic heterocycles. The van der Waals surface area contributed by atoms with E-state index in [0.29, 0.717) is 18.6 Å².